The number of allylic oxidation sites excluding steroid dienone is 9. The summed E-state index contributed by atoms with van der Waals surface area (Å²) in [4.78, 5) is 24.5. The predicted molar refractivity (Wildman–Crippen MR) is 333 cm³/mol. The van der Waals surface area contributed by atoms with Crippen molar-refractivity contribution in [3.63, 3.8) is 0 Å². The quantitative estimate of drug-likeness (QED) is 0.0320. The zero-order valence-corrected chi connectivity index (χ0v) is 50.7. The van der Waals surface area contributed by atoms with Gasteiger partial charge in [0.15, 0.2) is 0 Å². The molecule has 0 aromatic heterocycles. The first-order valence-electron chi connectivity index (χ1n) is 33.6. The minimum Gasteiger partial charge on any atom is -0.466 e. The number of amides is 1. The van der Waals surface area contributed by atoms with Crippen molar-refractivity contribution < 1.29 is 24.5 Å². The van der Waals surface area contributed by atoms with Crippen LogP contribution in [0.3, 0.4) is 0 Å². The van der Waals surface area contributed by atoms with Crippen LogP contribution in [-0.2, 0) is 14.3 Å². The number of ether oxygens (including phenoxy) is 1. The van der Waals surface area contributed by atoms with E-state index in [1.54, 1.807) is 6.08 Å². The fourth-order valence-corrected chi connectivity index (χ4v) is 10.1. The minimum atomic E-state index is -0.846. The molecule has 76 heavy (non-hydrogen) atoms. The molecule has 0 radical (unpaired) electrons. The zero-order valence-electron chi connectivity index (χ0n) is 50.7. The standard InChI is InChI=1S/C70H129NO5/c1-3-5-7-9-11-13-15-17-19-36-40-44-48-52-56-60-64-70(75)76-65-61-57-53-49-45-41-37-34-32-30-28-26-24-22-20-21-23-25-27-29-31-33-35-39-43-47-51-55-59-63-69(74)71-67(66-72)68(73)62-58-54-50-46-42-38-18-16-14-12-10-8-6-4-2/h13,15,19-20,22,26,28,36,58,62,67-68,72-73H,3-12,14,16-18,21,23-25,27,29-35,37-57,59-61,63-66H2,1-2H3,(H,71,74)/b15-13-,22-20-,28-26-,36-19-,62-58+. The summed E-state index contributed by atoms with van der Waals surface area (Å²) >= 11 is 0. The van der Waals surface area contributed by atoms with Gasteiger partial charge in [0.25, 0.3) is 0 Å². The van der Waals surface area contributed by atoms with Gasteiger partial charge >= 0.3 is 5.97 Å². The SMILES string of the molecule is CCCCCC/C=C\C/C=C\CCCCCCCC(=O)OCCCCCCCCCCC/C=C\C/C=C\CCCCCCCCCCCCCCCC(=O)NC(CO)C(O)/C=C/CCCCCCCCCCCCCC. The van der Waals surface area contributed by atoms with E-state index in [0.29, 0.717) is 19.4 Å². The first kappa shape index (κ1) is 73.6. The Labute approximate surface area is 473 Å². The number of hydrogen-bond donors (Lipinski definition) is 3. The van der Waals surface area contributed by atoms with Crippen LogP contribution in [0.1, 0.15) is 348 Å². The first-order valence-corrected chi connectivity index (χ1v) is 33.6. The molecule has 0 saturated heterocycles. The van der Waals surface area contributed by atoms with Crippen molar-refractivity contribution in [2.75, 3.05) is 13.2 Å². The molecule has 1 amide bonds. The second kappa shape index (κ2) is 65.1. The molecule has 0 bridgehead atoms. The first-order chi connectivity index (χ1) is 37.5. The fourth-order valence-electron chi connectivity index (χ4n) is 10.1. The van der Waals surface area contributed by atoms with E-state index in [1.165, 1.54) is 263 Å². The highest BCUT2D eigenvalue weighted by Gasteiger charge is 2.18. The zero-order chi connectivity index (χ0) is 55.0. The number of esters is 1. The van der Waals surface area contributed by atoms with Crippen LogP contribution in [-0.4, -0.2) is 47.4 Å². The Bertz CT molecular complexity index is 1320. The van der Waals surface area contributed by atoms with E-state index in [9.17, 15) is 19.8 Å². The van der Waals surface area contributed by atoms with Crippen LogP contribution in [0.5, 0.6) is 0 Å². The number of rotatable bonds is 62. The van der Waals surface area contributed by atoms with Crippen molar-refractivity contribution in [1.29, 1.82) is 0 Å². The summed E-state index contributed by atoms with van der Waals surface area (Å²) in [6.07, 6.45) is 85.7. The molecule has 0 aliphatic rings. The number of carbonyl (C=O) groups excluding carboxylic acids is 2. The molecule has 2 atom stereocenters. The average Bonchev–Trinajstić information content (AvgIpc) is 3.42. The van der Waals surface area contributed by atoms with E-state index in [4.69, 9.17) is 4.74 Å². The Morgan fingerprint density at radius 1 is 0.368 bits per heavy atom. The molecule has 6 nitrogen and oxygen atoms in total. The third-order valence-electron chi connectivity index (χ3n) is 15.3. The van der Waals surface area contributed by atoms with Crippen molar-refractivity contribution in [2.45, 2.75) is 360 Å². The van der Waals surface area contributed by atoms with Gasteiger partial charge in [0.1, 0.15) is 0 Å². The van der Waals surface area contributed by atoms with Crippen LogP contribution in [0.25, 0.3) is 0 Å². The fraction of sp³-hybridized carbons (Fsp3) is 0.829. The summed E-state index contributed by atoms with van der Waals surface area (Å²) in [5.74, 6) is -0.0708. The number of aliphatic hydroxyl groups excluding tert-OH is 2. The molecule has 0 aliphatic heterocycles. The second-order valence-electron chi connectivity index (χ2n) is 22.8. The second-order valence-corrected chi connectivity index (χ2v) is 22.8. The van der Waals surface area contributed by atoms with Crippen molar-refractivity contribution >= 4 is 11.9 Å². The Kier molecular flexibility index (Phi) is 63.0. The number of aliphatic hydroxyl groups is 2. The summed E-state index contributed by atoms with van der Waals surface area (Å²) in [5, 5.41) is 23.1. The highest BCUT2D eigenvalue weighted by molar-refractivity contribution is 5.76. The molecule has 2 unspecified atom stereocenters. The largest absolute Gasteiger partial charge is 0.466 e. The maximum Gasteiger partial charge on any atom is 0.305 e. The van der Waals surface area contributed by atoms with Crippen molar-refractivity contribution in [3.8, 4) is 0 Å². The molecule has 0 rings (SSSR count). The Morgan fingerprint density at radius 2 is 0.658 bits per heavy atom. The number of hydrogen-bond acceptors (Lipinski definition) is 5. The van der Waals surface area contributed by atoms with Gasteiger partial charge in [0, 0.05) is 12.8 Å². The summed E-state index contributed by atoms with van der Waals surface area (Å²) < 4.78 is 5.48. The van der Waals surface area contributed by atoms with Gasteiger partial charge in [-0.05, 0) is 96.3 Å². The van der Waals surface area contributed by atoms with E-state index in [-0.39, 0.29) is 18.5 Å². The van der Waals surface area contributed by atoms with Gasteiger partial charge < -0.3 is 20.3 Å². The molecule has 3 N–H and O–H groups in total. The van der Waals surface area contributed by atoms with E-state index in [0.717, 1.165) is 57.8 Å². The normalized spacial score (nSPS) is 12.9. The molecule has 0 heterocycles. The molecule has 0 spiro atoms. The molecule has 0 aliphatic carbocycles. The Balaban J connectivity index is 3.43. The lowest BCUT2D eigenvalue weighted by molar-refractivity contribution is -0.143. The van der Waals surface area contributed by atoms with Crippen molar-refractivity contribution in [2.24, 2.45) is 0 Å². The van der Waals surface area contributed by atoms with Crippen LogP contribution < -0.4 is 5.32 Å². The summed E-state index contributed by atoms with van der Waals surface area (Å²) in [6, 6.07) is -0.629. The third kappa shape index (κ3) is 60.8. The number of unbranched alkanes of at least 4 members (excludes halogenated alkanes) is 43. The predicted octanol–water partition coefficient (Wildman–Crippen LogP) is 21.5. The van der Waals surface area contributed by atoms with Crippen LogP contribution in [0, 0.1) is 0 Å². The highest BCUT2D eigenvalue weighted by Crippen LogP contribution is 2.17. The lowest BCUT2D eigenvalue weighted by Crippen LogP contribution is -2.45. The maximum atomic E-state index is 12.5. The molecular weight excluding hydrogens is 935 g/mol. The van der Waals surface area contributed by atoms with Gasteiger partial charge in [-0.25, -0.2) is 0 Å². The summed E-state index contributed by atoms with van der Waals surface area (Å²) in [7, 11) is 0. The lowest BCUT2D eigenvalue weighted by Gasteiger charge is -2.20. The van der Waals surface area contributed by atoms with Crippen molar-refractivity contribution in [1.82, 2.24) is 5.32 Å². The van der Waals surface area contributed by atoms with Gasteiger partial charge in [-0.15, -0.1) is 0 Å². The van der Waals surface area contributed by atoms with E-state index in [1.807, 2.05) is 6.08 Å². The molecular formula is C70H129NO5. The molecule has 0 aromatic rings. The molecule has 444 valence electrons. The third-order valence-corrected chi connectivity index (χ3v) is 15.3. The Hall–Kier alpha value is -2.44. The average molecular weight is 1060 g/mol. The van der Waals surface area contributed by atoms with Gasteiger partial charge in [0.05, 0.1) is 25.4 Å². The Morgan fingerprint density at radius 3 is 1.01 bits per heavy atom. The maximum absolute atomic E-state index is 12.5. The molecule has 0 saturated carbocycles. The molecule has 0 fully saturated rings. The monoisotopic (exact) mass is 1060 g/mol. The van der Waals surface area contributed by atoms with Gasteiger partial charge in [-0.3, -0.25) is 9.59 Å². The number of nitrogens with one attached hydrogen (secondary N) is 1. The lowest BCUT2D eigenvalue weighted by atomic mass is 10.0. The summed E-state index contributed by atoms with van der Waals surface area (Å²) in [5.41, 5.74) is 0. The minimum absolute atomic E-state index is 0.00218. The van der Waals surface area contributed by atoms with E-state index < -0.39 is 12.1 Å². The highest BCUT2D eigenvalue weighted by atomic mass is 16.5. The topological polar surface area (TPSA) is 95.9 Å². The van der Waals surface area contributed by atoms with Gasteiger partial charge in [0.2, 0.25) is 5.91 Å². The van der Waals surface area contributed by atoms with Crippen molar-refractivity contribution in [3.05, 3.63) is 60.8 Å². The van der Waals surface area contributed by atoms with Crippen LogP contribution >= 0.6 is 0 Å². The van der Waals surface area contributed by atoms with Crippen LogP contribution in [0.4, 0.5) is 0 Å². The molecule has 6 heteroatoms. The van der Waals surface area contributed by atoms with Crippen LogP contribution in [0.15, 0.2) is 60.8 Å². The van der Waals surface area contributed by atoms with E-state index >= 15 is 0 Å². The summed E-state index contributed by atoms with van der Waals surface area (Å²) in [6.45, 7) is 4.89. The van der Waals surface area contributed by atoms with E-state index in [2.05, 4.69) is 67.8 Å². The van der Waals surface area contributed by atoms with Gasteiger partial charge in [-0.2, -0.15) is 0 Å². The number of carbonyl (C=O) groups is 2. The van der Waals surface area contributed by atoms with Crippen LogP contribution in [0.2, 0.25) is 0 Å². The smallest absolute Gasteiger partial charge is 0.305 e. The molecule has 0 aromatic carbocycles. The van der Waals surface area contributed by atoms with Gasteiger partial charge in [-0.1, -0.05) is 299 Å².